The zero-order valence-corrected chi connectivity index (χ0v) is 14.6. The predicted molar refractivity (Wildman–Crippen MR) is 103 cm³/mol. The molecule has 0 aromatic heterocycles. The number of nitrogens with zero attached hydrogens (tertiary/aromatic N) is 4. The van der Waals surface area contributed by atoms with E-state index in [0.29, 0.717) is 0 Å². The number of anilines is 2. The van der Waals surface area contributed by atoms with E-state index in [2.05, 4.69) is 10.2 Å². The van der Waals surface area contributed by atoms with Gasteiger partial charge in [0.15, 0.2) is 0 Å². The summed E-state index contributed by atoms with van der Waals surface area (Å²) in [4.78, 5) is 4.09. The summed E-state index contributed by atoms with van der Waals surface area (Å²) in [5.41, 5.74) is 15.7. The van der Waals surface area contributed by atoms with E-state index in [1.54, 1.807) is 0 Å². The molecule has 0 fully saturated rings. The molecule has 6 heteroatoms. The van der Waals surface area contributed by atoms with E-state index in [4.69, 9.17) is 11.5 Å². The Balaban J connectivity index is 2.45. The zero-order valence-electron chi connectivity index (χ0n) is 14.6. The Morgan fingerprint density at radius 1 is 0.667 bits per heavy atom. The first-order valence-corrected chi connectivity index (χ1v) is 7.60. The first-order chi connectivity index (χ1) is 11.4. The van der Waals surface area contributed by atoms with Gasteiger partial charge in [0, 0.05) is 50.7 Å². The van der Waals surface area contributed by atoms with Crippen molar-refractivity contribution in [3.63, 3.8) is 0 Å². The van der Waals surface area contributed by atoms with Gasteiger partial charge in [0.1, 0.15) is 5.71 Å². The fourth-order valence-electron chi connectivity index (χ4n) is 2.22. The fourth-order valence-corrected chi connectivity index (χ4v) is 2.22. The summed E-state index contributed by atoms with van der Waals surface area (Å²) in [7, 11) is 8.01. The highest BCUT2D eigenvalue weighted by Crippen LogP contribution is 2.19. The normalized spacial score (nSPS) is 10.0. The summed E-state index contributed by atoms with van der Waals surface area (Å²) in [6.07, 6.45) is 0. The average molecular weight is 324 g/mol. The van der Waals surface area contributed by atoms with Crippen LogP contribution >= 0.6 is 0 Å². The van der Waals surface area contributed by atoms with Crippen LogP contribution in [-0.2, 0) is 0 Å². The molecule has 2 aromatic rings. The molecule has 2 aromatic carbocycles. The minimum Gasteiger partial charge on any atom is -0.378 e. The van der Waals surface area contributed by atoms with Crippen molar-refractivity contribution < 1.29 is 0 Å². The number of hydrogen-bond donors (Lipinski definition) is 2. The number of rotatable bonds is 5. The monoisotopic (exact) mass is 324 g/mol. The van der Waals surface area contributed by atoms with Crippen LogP contribution in [0.3, 0.4) is 0 Å². The Labute approximate surface area is 143 Å². The highest BCUT2D eigenvalue weighted by atomic mass is 15.3. The molecule has 126 valence electrons. The van der Waals surface area contributed by atoms with E-state index in [-0.39, 0.29) is 5.96 Å². The average Bonchev–Trinajstić information content (AvgIpc) is 2.55. The molecule has 0 aliphatic carbocycles. The van der Waals surface area contributed by atoms with E-state index in [1.165, 1.54) is 0 Å². The third-order valence-corrected chi connectivity index (χ3v) is 3.58. The summed E-state index contributed by atoms with van der Waals surface area (Å²) in [5, 5.41) is 8.07. The van der Waals surface area contributed by atoms with Gasteiger partial charge in [0.2, 0.25) is 5.96 Å². The molecule has 0 radical (unpaired) electrons. The molecule has 2 rings (SSSR count). The van der Waals surface area contributed by atoms with Gasteiger partial charge >= 0.3 is 0 Å². The van der Waals surface area contributed by atoms with Crippen molar-refractivity contribution in [2.75, 3.05) is 38.0 Å². The van der Waals surface area contributed by atoms with Gasteiger partial charge in [-0.3, -0.25) is 0 Å². The molecule has 0 saturated heterocycles. The van der Waals surface area contributed by atoms with Crippen LogP contribution in [0.25, 0.3) is 0 Å². The maximum Gasteiger partial charge on any atom is 0.211 e. The van der Waals surface area contributed by atoms with Crippen LogP contribution in [0, 0.1) is 0 Å². The standard InChI is InChI=1S/C18H24N6/c1-23(2)15-9-5-13(6-10-15)17(21-22-18(19)20)14-7-11-16(12-8-14)24(3)4/h5-12H,1-4H3,(H4,19,20,22). The van der Waals surface area contributed by atoms with Crippen LogP contribution in [-0.4, -0.2) is 39.9 Å². The van der Waals surface area contributed by atoms with Gasteiger partial charge in [0.25, 0.3) is 0 Å². The highest BCUT2D eigenvalue weighted by Gasteiger charge is 2.09. The lowest BCUT2D eigenvalue weighted by atomic mass is 10.0. The van der Waals surface area contributed by atoms with E-state index < -0.39 is 0 Å². The molecule has 0 amide bonds. The summed E-state index contributed by atoms with van der Waals surface area (Å²) in [5.74, 6) is -0.0673. The summed E-state index contributed by atoms with van der Waals surface area (Å²) in [6, 6.07) is 16.2. The number of hydrogen-bond acceptors (Lipinski definition) is 4. The minimum atomic E-state index is -0.0673. The minimum absolute atomic E-state index is 0.0673. The maximum atomic E-state index is 5.43. The summed E-state index contributed by atoms with van der Waals surface area (Å²) >= 11 is 0. The second-order valence-electron chi connectivity index (χ2n) is 5.86. The van der Waals surface area contributed by atoms with E-state index >= 15 is 0 Å². The molecular formula is C18H24N6. The number of guanidine groups is 1. The lowest BCUT2D eigenvalue weighted by Crippen LogP contribution is -2.22. The smallest absolute Gasteiger partial charge is 0.211 e. The number of benzene rings is 2. The van der Waals surface area contributed by atoms with Crippen molar-refractivity contribution in [1.29, 1.82) is 0 Å². The quantitative estimate of drug-likeness (QED) is 0.499. The largest absolute Gasteiger partial charge is 0.378 e. The SMILES string of the molecule is CN(C)c1ccc(C(=NN=C(N)N)c2ccc(N(C)C)cc2)cc1. The summed E-state index contributed by atoms with van der Waals surface area (Å²) < 4.78 is 0. The Morgan fingerprint density at radius 3 is 1.33 bits per heavy atom. The van der Waals surface area contributed by atoms with Gasteiger partial charge in [-0.15, -0.1) is 10.2 Å². The van der Waals surface area contributed by atoms with Crippen molar-refractivity contribution in [3.8, 4) is 0 Å². The van der Waals surface area contributed by atoms with Gasteiger partial charge in [-0.2, -0.15) is 0 Å². The molecule has 0 spiro atoms. The second kappa shape index (κ2) is 7.50. The van der Waals surface area contributed by atoms with Crippen LogP contribution < -0.4 is 21.3 Å². The first-order valence-electron chi connectivity index (χ1n) is 7.60. The molecule has 24 heavy (non-hydrogen) atoms. The van der Waals surface area contributed by atoms with E-state index in [1.807, 2.05) is 86.5 Å². The molecule has 0 atom stereocenters. The van der Waals surface area contributed by atoms with Crippen LogP contribution in [0.1, 0.15) is 11.1 Å². The van der Waals surface area contributed by atoms with Crippen molar-refractivity contribution in [2.24, 2.45) is 21.7 Å². The first kappa shape index (κ1) is 17.3. The van der Waals surface area contributed by atoms with Gasteiger partial charge in [-0.05, 0) is 24.3 Å². The highest BCUT2D eigenvalue weighted by molar-refractivity contribution is 6.13. The van der Waals surface area contributed by atoms with Gasteiger partial charge in [-0.1, -0.05) is 24.3 Å². The summed E-state index contributed by atoms with van der Waals surface area (Å²) in [6.45, 7) is 0. The van der Waals surface area contributed by atoms with Crippen molar-refractivity contribution in [2.45, 2.75) is 0 Å². The molecule has 0 heterocycles. The molecule has 4 N–H and O–H groups in total. The van der Waals surface area contributed by atoms with Gasteiger partial charge in [-0.25, -0.2) is 0 Å². The molecule has 0 bridgehead atoms. The van der Waals surface area contributed by atoms with Crippen molar-refractivity contribution in [1.82, 2.24) is 0 Å². The lowest BCUT2D eigenvalue weighted by Gasteiger charge is -2.15. The molecule has 0 saturated carbocycles. The fraction of sp³-hybridized carbons (Fsp3) is 0.222. The zero-order chi connectivity index (χ0) is 17.7. The Morgan fingerprint density at radius 2 is 1.04 bits per heavy atom. The third kappa shape index (κ3) is 4.25. The van der Waals surface area contributed by atoms with Crippen LogP contribution in [0.5, 0.6) is 0 Å². The molecule has 0 aliphatic heterocycles. The Bertz CT molecular complexity index is 670. The van der Waals surface area contributed by atoms with E-state index in [9.17, 15) is 0 Å². The van der Waals surface area contributed by atoms with Crippen molar-refractivity contribution in [3.05, 3.63) is 59.7 Å². The Kier molecular flexibility index (Phi) is 5.42. The van der Waals surface area contributed by atoms with Crippen LogP contribution in [0.4, 0.5) is 11.4 Å². The van der Waals surface area contributed by atoms with Crippen LogP contribution in [0.2, 0.25) is 0 Å². The molecule has 0 aliphatic rings. The Hall–Kier alpha value is -3.02. The van der Waals surface area contributed by atoms with Crippen LogP contribution in [0.15, 0.2) is 58.7 Å². The third-order valence-electron chi connectivity index (χ3n) is 3.58. The molecular weight excluding hydrogens is 300 g/mol. The molecule has 6 nitrogen and oxygen atoms in total. The second-order valence-corrected chi connectivity index (χ2v) is 5.86. The lowest BCUT2D eigenvalue weighted by molar-refractivity contribution is 1.13. The van der Waals surface area contributed by atoms with E-state index in [0.717, 1.165) is 28.2 Å². The predicted octanol–water partition coefficient (Wildman–Crippen LogP) is 1.84. The molecule has 0 unspecified atom stereocenters. The number of nitrogens with two attached hydrogens (primary N) is 2. The van der Waals surface area contributed by atoms with Gasteiger partial charge < -0.3 is 21.3 Å². The maximum absolute atomic E-state index is 5.43. The van der Waals surface area contributed by atoms with Crippen molar-refractivity contribution >= 4 is 23.0 Å². The topological polar surface area (TPSA) is 83.2 Å². The van der Waals surface area contributed by atoms with Gasteiger partial charge in [0.05, 0.1) is 0 Å².